The van der Waals surface area contributed by atoms with Gasteiger partial charge in [-0.3, -0.25) is 4.79 Å². The summed E-state index contributed by atoms with van der Waals surface area (Å²) in [5.74, 6) is 0.241. The summed E-state index contributed by atoms with van der Waals surface area (Å²) in [5, 5.41) is 10.5. The zero-order chi connectivity index (χ0) is 11.2. The van der Waals surface area contributed by atoms with Crippen LogP contribution in [0.1, 0.15) is 25.5 Å². The Morgan fingerprint density at radius 1 is 1.40 bits per heavy atom. The van der Waals surface area contributed by atoms with E-state index in [1.807, 2.05) is 13.8 Å². The second-order valence-electron chi connectivity index (χ2n) is 3.44. The van der Waals surface area contributed by atoms with Gasteiger partial charge >= 0.3 is 0 Å². The van der Waals surface area contributed by atoms with Gasteiger partial charge in [-0.05, 0) is 37.8 Å². The average molecular weight is 336 g/mol. The fourth-order valence-corrected chi connectivity index (χ4v) is 2.54. The van der Waals surface area contributed by atoms with Gasteiger partial charge in [0.15, 0.2) is 5.52 Å². The number of rotatable bonds is 1. The van der Waals surface area contributed by atoms with Crippen molar-refractivity contribution in [2.45, 2.75) is 19.8 Å². The third-order valence-corrected chi connectivity index (χ3v) is 3.33. The predicted molar refractivity (Wildman–Crippen MR) is 63.1 cm³/mol. The molecule has 0 aliphatic heterocycles. The Bertz CT molecular complexity index is 572. The molecule has 0 atom stereocenters. The van der Waals surface area contributed by atoms with Crippen molar-refractivity contribution in [2.75, 3.05) is 0 Å². The molecule has 0 amide bonds. The molecule has 0 unspecified atom stereocenters. The first-order valence-electron chi connectivity index (χ1n) is 4.34. The number of nitrogens with one attached hydrogen (secondary N) is 1. The summed E-state index contributed by atoms with van der Waals surface area (Å²) < 4.78 is 2.68. The van der Waals surface area contributed by atoms with Gasteiger partial charge in [0.1, 0.15) is 0 Å². The molecule has 0 saturated heterocycles. The van der Waals surface area contributed by atoms with Crippen molar-refractivity contribution in [1.29, 1.82) is 0 Å². The molecule has 1 N–H and O–H groups in total. The third kappa shape index (κ3) is 1.63. The van der Waals surface area contributed by atoms with Gasteiger partial charge in [0, 0.05) is 0 Å². The van der Waals surface area contributed by atoms with Gasteiger partial charge in [0.25, 0.3) is 5.56 Å². The van der Waals surface area contributed by atoms with E-state index >= 15 is 0 Å². The quantitative estimate of drug-likeness (QED) is 0.867. The second-order valence-corrected chi connectivity index (χ2v) is 4.94. The summed E-state index contributed by atoms with van der Waals surface area (Å²) in [6, 6.07) is 0. The van der Waals surface area contributed by atoms with Crippen LogP contribution in [0.3, 0.4) is 0 Å². The van der Waals surface area contributed by atoms with E-state index in [1.54, 1.807) is 0 Å². The number of H-pyrrole nitrogens is 1. The van der Waals surface area contributed by atoms with Crippen molar-refractivity contribution in [3.63, 3.8) is 0 Å². The van der Waals surface area contributed by atoms with Crippen LogP contribution in [-0.2, 0) is 0 Å². The number of nitrogens with zero attached hydrogens (tertiary/aromatic N) is 3. The Hall–Kier alpha value is -0.690. The lowest BCUT2D eigenvalue weighted by Crippen LogP contribution is -2.13. The van der Waals surface area contributed by atoms with Gasteiger partial charge in [-0.1, -0.05) is 13.8 Å². The standard InChI is InChI=1S/C8H8Br2N4O/c1-3(2)5-4(9)6-7(15)11-12-8(10)14(6)13-5/h3H,1-2H3,(H,11,15). The Labute approximate surface area is 102 Å². The van der Waals surface area contributed by atoms with E-state index in [-0.39, 0.29) is 11.5 Å². The summed E-state index contributed by atoms with van der Waals surface area (Å²) in [6.45, 7) is 4.03. The van der Waals surface area contributed by atoms with Crippen LogP contribution in [0.5, 0.6) is 0 Å². The molecule has 0 aromatic carbocycles. The first-order valence-corrected chi connectivity index (χ1v) is 5.93. The molecule has 0 saturated carbocycles. The molecule has 0 aliphatic carbocycles. The van der Waals surface area contributed by atoms with Crippen molar-refractivity contribution in [1.82, 2.24) is 19.8 Å². The molecule has 5 nitrogen and oxygen atoms in total. The SMILES string of the molecule is CC(C)c1nn2c(Br)n[nH]c(=O)c2c1Br. The Morgan fingerprint density at radius 3 is 2.60 bits per heavy atom. The van der Waals surface area contributed by atoms with Crippen LogP contribution in [0.15, 0.2) is 14.0 Å². The zero-order valence-corrected chi connectivity index (χ0v) is 11.3. The second kappa shape index (κ2) is 3.71. The van der Waals surface area contributed by atoms with Crippen LogP contribution < -0.4 is 5.56 Å². The molecule has 0 spiro atoms. The van der Waals surface area contributed by atoms with Crippen LogP contribution in [0, 0.1) is 0 Å². The molecule has 15 heavy (non-hydrogen) atoms. The molecule has 0 bridgehead atoms. The van der Waals surface area contributed by atoms with E-state index in [2.05, 4.69) is 47.2 Å². The Morgan fingerprint density at radius 2 is 2.07 bits per heavy atom. The van der Waals surface area contributed by atoms with E-state index < -0.39 is 0 Å². The maximum Gasteiger partial charge on any atom is 0.291 e. The predicted octanol–water partition coefficient (Wildman–Crippen LogP) is 2.07. The minimum Gasteiger partial charge on any atom is -0.265 e. The monoisotopic (exact) mass is 334 g/mol. The number of aromatic nitrogens is 4. The highest BCUT2D eigenvalue weighted by atomic mass is 79.9. The maximum atomic E-state index is 11.6. The fourth-order valence-electron chi connectivity index (χ4n) is 1.31. The normalized spacial score (nSPS) is 11.5. The van der Waals surface area contributed by atoms with Crippen LogP contribution in [0.2, 0.25) is 0 Å². The van der Waals surface area contributed by atoms with Crippen molar-refractivity contribution in [3.8, 4) is 0 Å². The minimum absolute atomic E-state index is 0.241. The molecular formula is C8H8Br2N4O. The van der Waals surface area contributed by atoms with Gasteiger partial charge in [-0.15, -0.1) is 5.10 Å². The number of hydrogen-bond acceptors (Lipinski definition) is 3. The zero-order valence-electron chi connectivity index (χ0n) is 8.08. The van der Waals surface area contributed by atoms with Gasteiger partial charge in [-0.25, -0.2) is 9.61 Å². The van der Waals surface area contributed by atoms with Crippen LogP contribution >= 0.6 is 31.9 Å². The minimum atomic E-state index is -0.260. The number of halogens is 2. The lowest BCUT2D eigenvalue weighted by molar-refractivity contribution is 0.753. The molecule has 2 rings (SSSR count). The summed E-state index contributed by atoms with van der Waals surface area (Å²) >= 11 is 6.61. The molecule has 2 aromatic rings. The maximum absolute atomic E-state index is 11.6. The van der Waals surface area contributed by atoms with Crippen LogP contribution in [0.25, 0.3) is 5.52 Å². The molecular weight excluding hydrogens is 328 g/mol. The highest BCUT2D eigenvalue weighted by Gasteiger charge is 2.17. The van der Waals surface area contributed by atoms with Crippen molar-refractivity contribution >= 4 is 37.4 Å². The van der Waals surface area contributed by atoms with E-state index in [0.29, 0.717) is 10.3 Å². The molecule has 0 fully saturated rings. The summed E-state index contributed by atoms with van der Waals surface area (Å²) in [7, 11) is 0. The smallest absolute Gasteiger partial charge is 0.265 e. The van der Waals surface area contributed by atoms with E-state index in [4.69, 9.17) is 0 Å². The van der Waals surface area contributed by atoms with E-state index in [1.165, 1.54) is 4.52 Å². The Kier molecular flexibility index (Phi) is 2.68. The third-order valence-electron chi connectivity index (χ3n) is 2.04. The number of hydrogen-bond donors (Lipinski definition) is 1. The lowest BCUT2D eigenvalue weighted by atomic mass is 10.1. The fraction of sp³-hybridized carbons (Fsp3) is 0.375. The average Bonchev–Trinajstić information content (AvgIpc) is 2.51. The summed E-state index contributed by atoms with van der Waals surface area (Å²) in [6.07, 6.45) is 0. The molecule has 0 aliphatic rings. The Balaban J connectivity index is 2.93. The van der Waals surface area contributed by atoms with Gasteiger partial charge < -0.3 is 0 Å². The highest BCUT2D eigenvalue weighted by Crippen LogP contribution is 2.26. The lowest BCUT2D eigenvalue weighted by Gasteiger charge is -1.97. The van der Waals surface area contributed by atoms with Gasteiger partial charge in [0.05, 0.1) is 10.2 Å². The summed E-state index contributed by atoms with van der Waals surface area (Å²) in [4.78, 5) is 11.6. The van der Waals surface area contributed by atoms with Gasteiger partial charge in [-0.2, -0.15) is 5.10 Å². The number of aromatic amines is 1. The van der Waals surface area contributed by atoms with Crippen molar-refractivity contribution in [3.05, 3.63) is 25.3 Å². The highest BCUT2D eigenvalue weighted by molar-refractivity contribution is 9.11. The van der Waals surface area contributed by atoms with Crippen LogP contribution in [-0.4, -0.2) is 19.8 Å². The van der Waals surface area contributed by atoms with Crippen molar-refractivity contribution < 1.29 is 0 Å². The number of fused-ring (bicyclic) bond motifs is 1. The van der Waals surface area contributed by atoms with Gasteiger partial charge in [0.2, 0.25) is 4.73 Å². The largest absolute Gasteiger partial charge is 0.291 e. The topological polar surface area (TPSA) is 63.1 Å². The molecule has 80 valence electrons. The van der Waals surface area contributed by atoms with E-state index in [9.17, 15) is 4.79 Å². The molecule has 7 heteroatoms. The first kappa shape index (κ1) is 10.8. The summed E-state index contributed by atoms with van der Waals surface area (Å²) in [5.41, 5.74) is 1.05. The van der Waals surface area contributed by atoms with Crippen molar-refractivity contribution in [2.24, 2.45) is 0 Å². The molecule has 2 heterocycles. The van der Waals surface area contributed by atoms with Crippen LogP contribution in [0.4, 0.5) is 0 Å². The molecule has 2 aromatic heterocycles. The first-order chi connectivity index (χ1) is 7.02. The molecule has 0 radical (unpaired) electrons. The van der Waals surface area contributed by atoms with E-state index in [0.717, 1.165) is 10.2 Å².